The van der Waals surface area contributed by atoms with Crippen LogP contribution in [0.2, 0.25) is 0 Å². The third-order valence-electron chi connectivity index (χ3n) is 3.44. The molecule has 114 valence electrons. The predicted molar refractivity (Wildman–Crippen MR) is 86.0 cm³/mol. The summed E-state index contributed by atoms with van der Waals surface area (Å²) in [4.78, 5) is 4.49. The minimum Gasteiger partial charge on any atom is -0.497 e. The zero-order chi connectivity index (χ0) is 15.1. The van der Waals surface area contributed by atoms with Crippen LogP contribution in [0.3, 0.4) is 0 Å². The van der Waals surface area contributed by atoms with Crippen LogP contribution < -0.4 is 10.1 Å². The first-order valence-corrected chi connectivity index (χ1v) is 7.83. The van der Waals surface area contributed by atoms with Crippen molar-refractivity contribution in [3.05, 3.63) is 46.4 Å². The maximum Gasteiger partial charge on any atom is 0.118 e. The average Bonchev–Trinajstić information content (AvgIpc) is 3.03. The predicted octanol–water partition coefficient (Wildman–Crippen LogP) is 2.85. The number of rotatable bonds is 8. The van der Waals surface area contributed by atoms with Gasteiger partial charge in [0, 0.05) is 25.2 Å². The van der Waals surface area contributed by atoms with Gasteiger partial charge in [-0.25, -0.2) is 4.98 Å². The third-order valence-corrected chi connectivity index (χ3v) is 4.48. The molecule has 0 aliphatic carbocycles. The minimum atomic E-state index is -0.193. The first-order chi connectivity index (χ1) is 10.2. The fourth-order valence-corrected chi connectivity index (χ4v) is 3.07. The summed E-state index contributed by atoms with van der Waals surface area (Å²) < 4.78 is 10.3. The number of nitrogens with one attached hydrogen (secondary N) is 1. The highest BCUT2D eigenvalue weighted by atomic mass is 32.1. The topological polar surface area (TPSA) is 43.4 Å². The van der Waals surface area contributed by atoms with E-state index in [1.165, 1.54) is 5.56 Å². The van der Waals surface area contributed by atoms with Crippen molar-refractivity contribution >= 4 is 11.3 Å². The second-order valence-electron chi connectivity index (χ2n) is 5.11. The summed E-state index contributed by atoms with van der Waals surface area (Å²) in [6.07, 6.45) is 2.72. The molecule has 4 nitrogen and oxygen atoms in total. The number of aromatic nitrogens is 1. The van der Waals surface area contributed by atoms with Gasteiger partial charge in [0.1, 0.15) is 10.8 Å². The van der Waals surface area contributed by atoms with Crippen LogP contribution in [0.25, 0.3) is 0 Å². The van der Waals surface area contributed by atoms with Crippen molar-refractivity contribution in [3.63, 3.8) is 0 Å². The summed E-state index contributed by atoms with van der Waals surface area (Å²) in [6.45, 7) is 3.66. The molecular formula is C16H22N2O2S. The Kier molecular flexibility index (Phi) is 5.73. The van der Waals surface area contributed by atoms with Gasteiger partial charge in [-0.15, -0.1) is 11.3 Å². The van der Waals surface area contributed by atoms with Crippen molar-refractivity contribution in [1.82, 2.24) is 10.3 Å². The number of methoxy groups -OCH3 is 2. The Morgan fingerprint density at radius 2 is 2.00 bits per heavy atom. The lowest BCUT2D eigenvalue weighted by Crippen LogP contribution is -2.43. The van der Waals surface area contributed by atoms with Gasteiger partial charge in [0.2, 0.25) is 0 Å². The zero-order valence-corrected chi connectivity index (χ0v) is 13.6. The van der Waals surface area contributed by atoms with E-state index in [9.17, 15) is 0 Å². The van der Waals surface area contributed by atoms with Crippen molar-refractivity contribution in [1.29, 1.82) is 0 Å². The van der Waals surface area contributed by atoms with Gasteiger partial charge >= 0.3 is 0 Å². The van der Waals surface area contributed by atoms with Crippen LogP contribution in [0, 0.1) is 0 Å². The summed E-state index contributed by atoms with van der Waals surface area (Å²) in [7, 11) is 3.40. The van der Waals surface area contributed by atoms with Gasteiger partial charge in [-0.2, -0.15) is 0 Å². The van der Waals surface area contributed by atoms with E-state index in [-0.39, 0.29) is 5.54 Å². The van der Waals surface area contributed by atoms with Gasteiger partial charge in [-0.3, -0.25) is 0 Å². The largest absolute Gasteiger partial charge is 0.497 e. The molecule has 1 N–H and O–H groups in total. The average molecular weight is 306 g/mol. The molecule has 1 aromatic heterocycles. The molecule has 0 aliphatic heterocycles. The van der Waals surface area contributed by atoms with Crippen molar-refractivity contribution in [2.75, 3.05) is 27.4 Å². The van der Waals surface area contributed by atoms with E-state index in [0.717, 1.165) is 23.7 Å². The van der Waals surface area contributed by atoms with Gasteiger partial charge in [0.05, 0.1) is 19.3 Å². The molecule has 5 heteroatoms. The van der Waals surface area contributed by atoms with Crippen molar-refractivity contribution < 1.29 is 9.47 Å². The minimum absolute atomic E-state index is 0.193. The molecule has 1 atom stereocenters. The number of thiazole rings is 1. The number of ether oxygens (including phenoxy) is 2. The van der Waals surface area contributed by atoms with E-state index in [4.69, 9.17) is 9.47 Å². The summed E-state index contributed by atoms with van der Waals surface area (Å²) in [5.74, 6) is 0.877. The molecule has 0 radical (unpaired) electrons. The van der Waals surface area contributed by atoms with E-state index < -0.39 is 0 Å². The summed E-state index contributed by atoms with van der Waals surface area (Å²) >= 11 is 1.68. The highest BCUT2D eigenvalue weighted by Crippen LogP contribution is 2.27. The SMILES string of the molecule is COCCNC(C)(Cc1ccc(OC)cc1)c1nccs1. The Morgan fingerprint density at radius 3 is 2.57 bits per heavy atom. The van der Waals surface area contributed by atoms with Crippen molar-refractivity contribution in [3.8, 4) is 5.75 Å². The van der Waals surface area contributed by atoms with Gasteiger partial charge < -0.3 is 14.8 Å². The lowest BCUT2D eigenvalue weighted by molar-refractivity contribution is 0.185. The van der Waals surface area contributed by atoms with Gasteiger partial charge in [-0.05, 0) is 31.0 Å². The number of hydrogen-bond donors (Lipinski definition) is 1. The molecule has 1 heterocycles. The lowest BCUT2D eigenvalue weighted by atomic mass is 9.93. The normalized spacial score (nSPS) is 13.9. The molecule has 0 saturated heterocycles. The smallest absolute Gasteiger partial charge is 0.118 e. The Hall–Kier alpha value is -1.43. The number of hydrogen-bond acceptors (Lipinski definition) is 5. The molecule has 0 amide bonds. The fraction of sp³-hybridized carbons (Fsp3) is 0.438. The molecule has 1 unspecified atom stereocenters. The fourth-order valence-electron chi connectivity index (χ4n) is 2.29. The second-order valence-corrected chi connectivity index (χ2v) is 6.01. The quantitative estimate of drug-likeness (QED) is 0.762. The first-order valence-electron chi connectivity index (χ1n) is 6.95. The van der Waals surface area contributed by atoms with Crippen molar-refractivity contribution in [2.24, 2.45) is 0 Å². The van der Waals surface area contributed by atoms with Crippen LogP contribution in [0.1, 0.15) is 17.5 Å². The van der Waals surface area contributed by atoms with Gasteiger partial charge in [-0.1, -0.05) is 12.1 Å². The van der Waals surface area contributed by atoms with E-state index in [2.05, 4.69) is 29.4 Å². The highest BCUT2D eigenvalue weighted by Gasteiger charge is 2.28. The van der Waals surface area contributed by atoms with E-state index in [0.29, 0.717) is 6.61 Å². The van der Waals surface area contributed by atoms with Gasteiger partial charge in [0.25, 0.3) is 0 Å². The molecule has 2 aromatic rings. The summed E-state index contributed by atoms with van der Waals surface area (Å²) in [5.41, 5.74) is 1.06. The first kappa shape index (κ1) is 15.9. The molecule has 0 fully saturated rings. The Bertz CT molecular complexity index is 528. The molecule has 0 aliphatic rings. The highest BCUT2D eigenvalue weighted by molar-refractivity contribution is 7.09. The number of nitrogens with zero attached hydrogens (tertiary/aromatic N) is 1. The van der Waals surface area contributed by atoms with Crippen LogP contribution in [0.4, 0.5) is 0 Å². The molecule has 0 bridgehead atoms. The van der Waals surface area contributed by atoms with E-state index in [1.54, 1.807) is 25.6 Å². The van der Waals surface area contributed by atoms with Crippen LogP contribution in [0.15, 0.2) is 35.8 Å². The molecule has 0 saturated carbocycles. The second kappa shape index (κ2) is 7.54. The van der Waals surface area contributed by atoms with Gasteiger partial charge in [0.15, 0.2) is 0 Å². The molecule has 0 spiro atoms. The van der Waals surface area contributed by atoms with Crippen LogP contribution in [-0.2, 0) is 16.7 Å². The molecular weight excluding hydrogens is 284 g/mol. The summed E-state index contributed by atoms with van der Waals surface area (Å²) in [5, 5.41) is 6.67. The maximum atomic E-state index is 5.21. The van der Waals surface area contributed by atoms with E-state index in [1.807, 2.05) is 23.7 Å². The summed E-state index contributed by atoms with van der Waals surface area (Å²) in [6, 6.07) is 8.19. The van der Waals surface area contributed by atoms with Crippen LogP contribution >= 0.6 is 11.3 Å². The van der Waals surface area contributed by atoms with Crippen molar-refractivity contribution in [2.45, 2.75) is 18.9 Å². The van der Waals surface area contributed by atoms with E-state index >= 15 is 0 Å². The Morgan fingerprint density at radius 1 is 1.24 bits per heavy atom. The maximum absolute atomic E-state index is 5.21. The Balaban J connectivity index is 2.14. The molecule has 1 aromatic carbocycles. The number of benzene rings is 1. The monoisotopic (exact) mass is 306 g/mol. The molecule has 2 rings (SSSR count). The zero-order valence-electron chi connectivity index (χ0n) is 12.8. The standard InChI is InChI=1S/C16H22N2O2S/c1-16(18-8-10-19-2,15-17-9-11-21-15)12-13-4-6-14(20-3)7-5-13/h4-7,9,11,18H,8,10,12H2,1-3H3. The Labute approximate surface area is 130 Å². The molecule has 21 heavy (non-hydrogen) atoms. The van der Waals surface area contributed by atoms with Crippen LogP contribution in [0.5, 0.6) is 5.75 Å². The third kappa shape index (κ3) is 4.27. The van der Waals surface area contributed by atoms with Crippen LogP contribution in [-0.4, -0.2) is 32.4 Å². The lowest BCUT2D eigenvalue weighted by Gasteiger charge is -2.29.